The molecule has 1 aliphatic rings. The number of hydrogen-bond donors (Lipinski definition) is 1. The first-order valence-electron chi connectivity index (χ1n) is 9.20. The molecule has 1 N–H and O–H groups in total. The Morgan fingerprint density at radius 2 is 1.89 bits per heavy atom. The number of benzene rings is 1. The van der Waals surface area contributed by atoms with Gasteiger partial charge in [0, 0.05) is 30.5 Å². The maximum absolute atomic E-state index is 13.7. The Morgan fingerprint density at radius 3 is 2.46 bits per heavy atom. The second-order valence-electron chi connectivity index (χ2n) is 7.42. The van der Waals surface area contributed by atoms with E-state index >= 15 is 0 Å². The quantitative estimate of drug-likeness (QED) is 0.755. The number of aryl methyl sites for hydroxylation is 1. The molecule has 1 heterocycles. The Labute approximate surface area is 162 Å². The Bertz CT molecular complexity index is 939. The van der Waals surface area contributed by atoms with E-state index in [0.717, 1.165) is 18.7 Å². The van der Waals surface area contributed by atoms with E-state index in [9.17, 15) is 21.6 Å². The van der Waals surface area contributed by atoms with Gasteiger partial charge in [0.25, 0.3) is 0 Å². The number of sulfone groups is 1. The van der Waals surface area contributed by atoms with Gasteiger partial charge in [-0.1, -0.05) is 0 Å². The van der Waals surface area contributed by atoms with Gasteiger partial charge in [0.15, 0.2) is 0 Å². The van der Waals surface area contributed by atoms with Crippen molar-refractivity contribution in [2.45, 2.75) is 51.5 Å². The van der Waals surface area contributed by atoms with E-state index in [2.05, 4.69) is 10.4 Å². The highest BCUT2D eigenvalue weighted by atomic mass is 32.2. The molecule has 154 valence electrons. The third kappa shape index (κ3) is 5.14. The van der Waals surface area contributed by atoms with E-state index in [-0.39, 0.29) is 18.3 Å². The number of hydrogen-bond acceptors (Lipinski definition) is 4. The van der Waals surface area contributed by atoms with Crippen molar-refractivity contribution in [1.29, 1.82) is 0 Å². The van der Waals surface area contributed by atoms with Crippen LogP contribution < -0.4 is 5.32 Å². The van der Waals surface area contributed by atoms with E-state index < -0.39 is 27.6 Å². The van der Waals surface area contributed by atoms with Crippen LogP contribution in [-0.2, 0) is 22.9 Å². The van der Waals surface area contributed by atoms with Gasteiger partial charge in [-0.3, -0.25) is 4.68 Å². The van der Waals surface area contributed by atoms with Gasteiger partial charge in [-0.05, 0) is 43.9 Å². The molecule has 1 aliphatic carbocycles. The van der Waals surface area contributed by atoms with Crippen molar-refractivity contribution >= 4 is 9.84 Å². The first kappa shape index (κ1) is 20.9. The van der Waals surface area contributed by atoms with E-state index in [1.54, 1.807) is 6.92 Å². The summed E-state index contributed by atoms with van der Waals surface area (Å²) in [5.41, 5.74) is 2.14. The largest absolute Gasteiger partial charge is 0.308 e. The highest BCUT2D eigenvalue weighted by Gasteiger charge is 2.25. The van der Waals surface area contributed by atoms with Gasteiger partial charge in [0.2, 0.25) is 0 Å². The highest BCUT2D eigenvalue weighted by Crippen LogP contribution is 2.28. The average molecular weight is 415 g/mol. The number of alkyl halides is 1. The van der Waals surface area contributed by atoms with E-state index in [1.807, 2.05) is 0 Å². The molecule has 28 heavy (non-hydrogen) atoms. The smallest absolute Gasteiger partial charge is 0.149 e. The number of rotatable bonds is 7. The zero-order chi connectivity index (χ0) is 20.5. The summed E-state index contributed by atoms with van der Waals surface area (Å²) >= 11 is 0. The molecule has 5 nitrogen and oxygen atoms in total. The Morgan fingerprint density at radius 1 is 1.21 bits per heavy atom. The molecular formula is C19H24F3N3O2S. The van der Waals surface area contributed by atoms with Crippen LogP contribution >= 0.6 is 0 Å². The van der Waals surface area contributed by atoms with Crippen LogP contribution in [0.2, 0.25) is 0 Å². The van der Waals surface area contributed by atoms with Gasteiger partial charge < -0.3 is 5.32 Å². The summed E-state index contributed by atoms with van der Waals surface area (Å²) in [5.74, 6) is -1.58. The highest BCUT2D eigenvalue weighted by molar-refractivity contribution is 7.90. The molecule has 2 atom stereocenters. The zero-order valence-electron chi connectivity index (χ0n) is 15.9. The van der Waals surface area contributed by atoms with Crippen LogP contribution in [0.3, 0.4) is 0 Å². The van der Waals surface area contributed by atoms with Crippen molar-refractivity contribution in [3.63, 3.8) is 0 Å². The topological polar surface area (TPSA) is 64.0 Å². The summed E-state index contributed by atoms with van der Waals surface area (Å²) in [6, 6.07) is 3.25. The number of nitrogens with zero attached hydrogens (tertiary/aromatic N) is 2. The Hall–Kier alpha value is -1.87. The van der Waals surface area contributed by atoms with Gasteiger partial charge in [-0.25, -0.2) is 21.6 Å². The third-order valence-electron chi connectivity index (χ3n) is 5.02. The molecule has 0 radical (unpaired) electrons. The molecule has 1 aromatic carbocycles. The monoisotopic (exact) mass is 415 g/mol. The summed E-state index contributed by atoms with van der Waals surface area (Å²) in [7, 11) is -3.24. The lowest BCUT2D eigenvalue weighted by Crippen LogP contribution is -2.26. The maximum atomic E-state index is 13.7. The lowest BCUT2D eigenvalue weighted by atomic mass is 10.1. The molecule has 2 aromatic rings. The molecule has 0 spiro atoms. The summed E-state index contributed by atoms with van der Waals surface area (Å²) < 4.78 is 65.5. The summed E-state index contributed by atoms with van der Waals surface area (Å²) in [6.45, 7) is 2.23. The fourth-order valence-electron chi connectivity index (χ4n) is 3.59. The number of halogens is 3. The molecule has 1 aromatic heterocycles. The van der Waals surface area contributed by atoms with Crippen molar-refractivity contribution in [1.82, 2.24) is 15.1 Å². The third-order valence-corrected chi connectivity index (χ3v) is 5.95. The van der Waals surface area contributed by atoms with Crippen LogP contribution in [0.25, 0.3) is 11.3 Å². The summed E-state index contributed by atoms with van der Waals surface area (Å²) in [6.07, 6.45) is 2.07. The van der Waals surface area contributed by atoms with Crippen molar-refractivity contribution < 1.29 is 21.6 Å². The second kappa shape index (κ2) is 8.24. The molecular weight excluding hydrogens is 391 g/mol. The predicted molar refractivity (Wildman–Crippen MR) is 101 cm³/mol. The van der Waals surface area contributed by atoms with Crippen LogP contribution in [0.15, 0.2) is 18.2 Å². The maximum Gasteiger partial charge on any atom is 0.149 e. The van der Waals surface area contributed by atoms with Crippen molar-refractivity contribution in [2.24, 2.45) is 0 Å². The number of nitrogens with one attached hydrogen (secondary N) is 1. The van der Waals surface area contributed by atoms with E-state index in [4.69, 9.17) is 0 Å². The first-order valence-corrected chi connectivity index (χ1v) is 11.3. The van der Waals surface area contributed by atoms with Gasteiger partial charge in [-0.2, -0.15) is 5.10 Å². The lowest BCUT2D eigenvalue weighted by molar-refractivity contribution is 0.333. The van der Waals surface area contributed by atoms with Crippen LogP contribution in [0.1, 0.15) is 30.5 Å². The molecule has 1 fully saturated rings. The summed E-state index contributed by atoms with van der Waals surface area (Å²) in [5, 5.41) is 7.75. The Kier molecular flexibility index (Phi) is 6.14. The van der Waals surface area contributed by atoms with Crippen LogP contribution in [0.4, 0.5) is 13.2 Å². The first-order chi connectivity index (χ1) is 13.1. The molecule has 0 saturated heterocycles. The fourth-order valence-corrected chi connectivity index (χ4v) is 4.10. The van der Waals surface area contributed by atoms with Crippen molar-refractivity contribution in [3.8, 4) is 11.3 Å². The van der Waals surface area contributed by atoms with Crippen LogP contribution in [0.5, 0.6) is 0 Å². The zero-order valence-corrected chi connectivity index (χ0v) is 16.7. The summed E-state index contributed by atoms with van der Waals surface area (Å²) in [4.78, 5) is 0. The van der Waals surface area contributed by atoms with Gasteiger partial charge >= 0.3 is 0 Å². The molecule has 0 aliphatic heterocycles. The van der Waals surface area contributed by atoms with Crippen LogP contribution in [0, 0.1) is 18.6 Å². The van der Waals surface area contributed by atoms with Gasteiger partial charge in [-0.15, -0.1) is 0 Å². The second-order valence-corrected chi connectivity index (χ2v) is 9.68. The molecule has 0 amide bonds. The molecule has 1 saturated carbocycles. The molecule has 0 unspecified atom stereocenters. The SMILES string of the molecule is Cc1c(CN[C@H]2CC[C@@H](F)C2)nn(CCS(C)(=O)=O)c1-c1cc(F)cc(F)c1. The number of aromatic nitrogens is 2. The molecule has 3 rings (SSSR count). The predicted octanol–water partition coefficient (Wildman–Crippen LogP) is 3.16. The van der Waals surface area contributed by atoms with Crippen molar-refractivity contribution in [3.05, 3.63) is 41.1 Å². The van der Waals surface area contributed by atoms with Crippen molar-refractivity contribution in [2.75, 3.05) is 12.0 Å². The van der Waals surface area contributed by atoms with Crippen LogP contribution in [-0.4, -0.2) is 42.4 Å². The van der Waals surface area contributed by atoms with Gasteiger partial charge in [0.05, 0.1) is 23.7 Å². The standard InChI is InChI=1S/C19H24F3N3O2S/c1-12-18(11-23-17-4-3-14(20)10-17)24-25(5-6-28(2,26)27)19(12)13-7-15(21)9-16(22)8-13/h7-9,14,17,23H,3-6,10-11H2,1-2H3/t14-,17+/m1/s1. The average Bonchev–Trinajstić information content (AvgIpc) is 3.12. The van der Waals surface area contributed by atoms with Gasteiger partial charge in [0.1, 0.15) is 27.6 Å². The van der Waals surface area contributed by atoms with E-state index in [0.29, 0.717) is 41.9 Å². The normalized spacial score (nSPS) is 20.0. The minimum absolute atomic E-state index is 0.0608. The minimum Gasteiger partial charge on any atom is -0.308 e. The fraction of sp³-hybridized carbons (Fsp3) is 0.526. The molecule has 9 heteroatoms. The Balaban J connectivity index is 1.91. The van der Waals surface area contributed by atoms with E-state index in [1.165, 1.54) is 16.8 Å². The molecule has 0 bridgehead atoms. The lowest BCUT2D eigenvalue weighted by Gasteiger charge is -2.10. The minimum atomic E-state index is -3.24.